The van der Waals surface area contributed by atoms with Gasteiger partial charge in [0.15, 0.2) is 0 Å². The SMILES string of the molecule is COc1ccc(N2C(=O)[C@@H]3C4c5ccccc5C(C=O)(c5ccccc54)[C@H]3C2=O)c([N+](=O)[O-])c1. The molecular formula is C26H18N2O6. The van der Waals surface area contributed by atoms with E-state index in [1.807, 2.05) is 48.5 Å². The van der Waals surface area contributed by atoms with Gasteiger partial charge in [0.25, 0.3) is 5.69 Å². The van der Waals surface area contributed by atoms with Crippen molar-refractivity contribution >= 4 is 29.5 Å². The molecule has 1 heterocycles. The van der Waals surface area contributed by atoms with Gasteiger partial charge in [0.05, 0.1) is 35.4 Å². The summed E-state index contributed by atoms with van der Waals surface area (Å²) < 4.78 is 5.09. The van der Waals surface area contributed by atoms with Crippen LogP contribution in [-0.4, -0.2) is 30.1 Å². The summed E-state index contributed by atoms with van der Waals surface area (Å²) in [5, 5.41) is 11.8. The largest absolute Gasteiger partial charge is 0.496 e. The van der Waals surface area contributed by atoms with Crippen LogP contribution in [0.25, 0.3) is 0 Å². The number of carbonyl (C=O) groups excluding carboxylic acids is 3. The molecule has 0 unspecified atom stereocenters. The van der Waals surface area contributed by atoms with E-state index < -0.39 is 45.6 Å². The predicted octanol–water partition coefficient (Wildman–Crippen LogP) is 3.35. The molecule has 3 aromatic rings. The molecule has 0 spiro atoms. The van der Waals surface area contributed by atoms with Crippen LogP contribution in [0.3, 0.4) is 0 Å². The van der Waals surface area contributed by atoms with Crippen molar-refractivity contribution in [3.8, 4) is 5.75 Å². The Morgan fingerprint density at radius 1 is 0.971 bits per heavy atom. The van der Waals surface area contributed by atoms with Gasteiger partial charge in [-0.3, -0.25) is 19.7 Å². The quantitative estimate of drug-likeness (QED) is 0.259. The van der Waals surface area contributed by atoms with Gasteiger partial charge in [-0.15, -0.1) is 0 Å². The Labute approximate surface area is 193 Å². The third-order valence-corrected chi connectivity index (χ3v) is 7.49. The zero-order valence-corrected chi connectivity index (χ0v) is 18.0. The van der Waals surface area contributed by atoms with E-state index in [1.54, 1.807) is 0 Å². The molecule has 168 valence electrons. The molecule has 2 bridgehead atoms. The van der Waals surface area contributed by atoms with Crippen molar-refractivity contribution in [2.24, 2.45) is 11.8 Å². The fourth-order valence-electron chi connectivity index (χ4n) is 6.23. The Hall–Kier alpha value is -4.33. The van der Waals surface area contributed by atoms with Gasteiger partial charge in [0.1, 0.15) is 17.7 Å². The number of amides is 2. The number of nitro benzene ring substituents is 1. The number of hydrogen-bond donors (Lipinski definition) is 0. The topological polar surface area (TPSA) is 107 Å². The number of benzene rings is 3. The first kappa shape index (κ1) is 20.3. The molecule has 7 rings (SSSR count). The molecule has 1 saturated heterocycles. The van der Waals surface area contributed by atoms with Gasteiger partial charge in [-0.25, -0.2) is 4.90 Å². The second-order valence-electron chi connectivity index (χ2n) is 8.77. The van der Waals surface area contributed by atoms with Crippen LogP contribution in [0.4, 0.5) is 11.4 Å². The Morgan fingerprint density at radius 2 is 1.59 bits per heavy atom. The third-order valence-electron chi connectivity index (χ3n) is 7.49. The van der Waals surface area contributed by atoms with Crippen LogP contribution >= 0.6 is 0 Å². The van der Waals surface area contributed by atoms with E-state index in [2.05, 4.69) is 0 Å². The molecule has 8 nitrogen and oxygen atoms in total. The molecule has 0 saturated carbocycles. The van der Waals surface area contributed by atoms with Crippen LogP contribution in [0.1, 0.15) is 28.2 Å². The van der Waals surface area contributed by atoms with E-state index in [9.17, 15) is 24.5 Å². The molecule has 4 aliphatic rings. The smallest absolute Gasteiger partial charge is 0.297 e. The summed E-state index contributed by atoms with van der Waals surface area (Å²) in [6.45, 7) is 0. The highest BCUT2D eigenvalue weighted by atomic mass is 16.6. The Bertz CT molecular complexity index is 1380. The Kier molecular flexibility index (Phi) is 4.08. The number of methoxy groups -OCH3 is 1. The highest BCUT2D eigenvalue weighted by molar-refractivity contribution is 6.25. The first-order valence-corrected chi connectivity index (χ1v) is 10.8. The lowest BCUT2D eigenvalue weighted by molar-refractivity contribution is -0.384. The zero-order valence-electron chi connectivity index (χ0n) is 18.0. The van der Waals surface area contributed by atoms with Crippen LogP contribution < -0.4 is 9.64 Å². The fraction of sp³-hybridized carbons (Fsp3) is 0.192. The van der Waals surface area contributed by atoms with Crippen molar-refractivity contribution < 1.29 is 24.0 Å². The summed E-state index contributed by atoms with van der Waals surface area (Å²) in [5.74, 6) is -3.18. The minimum absolute atomic E-state index is 0.122. The first-order valence-electron chi connectivity index (χ1n) is 10.8. The van der Waals surface area contributed by atoms with Gasteiger partial charge < -0.3 is 9.53 Å². The number of nitro groups is 1. The molecular weight excluding hydrogens is 436 g/mol. The minimum atomic E-state index is -1.35. The average molecular weight is 454 g/mol. The maximum atomic E-state index is 13.9. The van der Waals surface area contributed by atoms with Crippen molar-refractivity contribution in [3.05, 3.63) is 99.1 Å². The van der Waals surface area contributed by atoms with Crippen LogP contribution in [0.5, 0.6) is 5.75 Å². The van der Waals surface area contributed by atoms with Gasteiger partial charge >= 0.3 is 0 Å². The van der Waals surface area contributed by atoms with Gasteiger partial charge in [-0.1, -0.05) is 48.5 Å². The molecule has 2 atom stereocenters. The number of hydrogen-bond acceptors (Lipinski definition) is 6. The maximum Gasteiger partial charge on any atom is 0.297 e. The van der Waals surface area contributed by atoms with E-state index in [1.165, 1.54) is 25.3 Å². The van der Waals surface area contributed by atoms with Gasteiger partial charge in [0.2, 0.25) is 11.8 Å². The molecule has 3 aromatic carbocycles. The van der Waals surface area contributed by atoms with Gasteiger partial charge in [-0.05, 0) is 34.4 Å². The number of imide groups is 1. The van der Waals surface area contributed by atoms with Crippen LogP contribution in [0.2, 0.25) is 0 Å². The molecule has 34 heavy (non-hydrogen) atoms. The summed E-state index contributed by atoms with van der Waals surface area (Å²) in [6, 6.07) is 18.8. The lowest BCUT2D eigenvalue weighted by Gasteiger charge is -2.51. The van der Waals surface area contributed by atoms with Gasteiger partial charge in [0, 0.05) is 5.92 Å². The second kappa shape index (κ2) is 6.84. The molecule has 0 aromatic heterocycles. The van der Waals surface area contributed by atoms with E-state index >= 15 is 0 Å². The van der Waals surface area contributed by atoms with Crippen LogP contribution in [0.15, 0.2) is 66.7 Å². The highest BCUT2D eigenvalue weighted by Crippen LogP contribution is 2.63. The van der Waals surface area contributed by atoms with E-state index in [-0.39, 0.29) is 11.4 Å². The first-order chi connectivity index (χ1) is 16.5. The third kappa shape index (κ3) is 2.24. The predicted molar refractivity (Wildman–Crippen MR) is 121 cm³/mol. The zero-order chi connectivity index (χ0) is 23.8. The number of ether oxygens (including phenoxy) is 1. The van der Waals surface area contributed by atoms with Crippen LogP contribution in [-0.2, 0) is 19.8 Å². The average Bonchev–Trinajstić information content (AvgIpc) is 3.14. The maximum absolute atomic E-state index is 13.9. The molecule has 1 aliphatic heterocycles. The number of nitrogens with zero attached hydrogens (tertiary/aromatic N) is 2. The number of carbonyl (C=O) groups is 3. The molecule has 0 N–H and O–H groups in total. The molecule has 1 fully saturated rings. The summed E-state index contributed by atoms with van der Waals surface area (Å²) >= 11 is 0. The van der Waals surface area contributed by atoms with E-state index in [0.29, 0.717) is 11.1 Å². The molecule has 2 amide bonds. The fourth-order valence-corrected chi connectivity index (χ4v) is 6.23. The van der Waals surface area contributed by atoms with Crippen molar-refractivity contribution in [3.63, 3.8) is 0 Å². The number of rotatable bonds is 4. The minimum Gasteiger partial charge on any atom is -0.496 e. The standard InChI is InChI=1S/C26H18N2O6/c1-34-14-10-11-19(20(12-14)28(32)33)27-24(30)22-21-15-6-2-4-8-17(15)26(13-29,23(22)25(27)31)18-9-5-3-7-16(18)21/h2-13,21-23H,1H3/t21?,22-,23-,26?/m1/s1. The van der Waals surface area contributed by atoms with Gasteiger partial charge in [-0.2, -0.15) is 0 Å². The lowest BCUT2D eigenvalue weighted by Crippen LogP contribution is -2.54. The normalized spacial score (nSPS) is 26.0. The lowest BCUT2D eigenvalue weighted by atomic mass is 9.48. The molecule has 0 radical (unpaired) electrons. The molecule has 3 aliphatic carbocycles. The van der Waals surface area contributed by atoms with Crippen molar-refractivity contribution in [1.82, 2.24) is 0 Å². The van der Waals surface area contributed by atoms with E-state index in [0.717, 1.165) is 22.3 Å². The molecule has 8 heteroatoms. The van der Waals surface area contributed by atoms with Crippen molar-refractivity contribution in [2.75, 3.05) is 12.0 Å². The summed E-state index contributed by atoms with van der Waals surface area (Å²) in [5.41, 5.74) is 1.20. The Balaban J connectivity index is 1.62. The number of aldehydes is 1. The second-order valence-corrected chi connectivity index (χ2v) is 8.77. The van der Waals surface area contributed by atoms with E-state index in [4.69, 9.17) is 4.74 Å². The number of anilines is 1. The summed E-state index contributed by atoms with van der Waals surface area (Å²) in [4.78, 5) is 52.9. The van der Waals surface area contributed by atoms with Crippen molar-refractivity contribution in [2.45, 2.75) is 11.3 Å². The van der Waals surface area contributed by atoms with Crippen LogP contribution in [0, 0.1) is 22.0 Å². The summed E-state index contributed by atoms with van der Waals surface area (Å²) in [7, 11) is 1.37. The summed E-state index contributed by atoms with van der Waals surface area (Å²) in [6.07, 6.45) is 0.773. The Morgan fingerprint density at radius 3 is 2.15 bits per heavy atom. The highest BCUT2D eigenvalue weighted by Gasteiger charge is 2.68. The monoisotopic (exact) mass is 454 g/mol. The van der Waals surface area contributed by atoms with Crippen molar-refractivity contribution in [1.29, 1.82) is 0 Å².